The first-order valence-electron chi connectivity index (χ1n) is 8.85. The molecule has 0 aliphatic carbocycles. The summed E-state index contributed by atoms with van der Waals surface area (Å²) in [6, 6.07) is 22.0. The van der Waals surface area contributed by atoms with Crippen LogP contribution in [-0.2, 0) is 0 Å². The van der Waals surface area contributed by atoms with Gasteiger partial charge in [-0.3, -0.25) is 9.97 Å². The summed E-state index contributed by atoms with van der Waals surface area (Å²) < 4.78 is 0. The summed E-state index contributed by atoms with van der Waals surface area (Å²) in [5.74, 6) is 0. The van der Waals surface area contributed by atoms with Gasteiger partial charge in [0.25, 0.3) is 0 Å². The number of rotatable bonds is 0. The van der Waals surface area contributed by atoms with Crippen molar-refractivity contribution in [1.82, 2.24) is 9.97 Å². The van der Waals surface area contributed by atoms with E-state index in [4.69, 9.17) is 0 Å². The summed E-state index contributed by atoms with van der Waals surface area (Å²) >= 11 is 0. The molecule has 0 N–H and O–H groups in total. The molecule has 0 aliphatic rings. The Morgan fingerprint density at radius 3 is 1.27 bits per heavy atom. The summed E-state index contributed by atoms with van der Waals surface area (Å²) in [6.07, 6.45) is 3.80. The third-order valence-corrected chi connectivity index (χ3v) is 5.86. The van der Waals surface area contributed by atoms with Crippen molar-refractivity contribution < 1.29 is 0 Å². The fourth-order valence-electron chi connectivity index (χ4n) is 4.79. The van der Waals surface area contributed by atoms with Crippen molar-refractivity contribution >= 4 is 64.9 Å². The van der Waals surface area contributed by atoms with Gasteiger partial charge in [-0.1, -0.05) is 36.4 Å². The number of hydrogen-bond donors (Lipinski definition) is 0. The molecule has 0 saturated heterocycles. The lowest BCUT2D eigenvalue weighted by Crippen LogP contribution is -1.91. The highest BCUT2D eigenvalue weighted by molar-refractivity contribution is 6.39. The maximum absolute atomic E-state index is 4.60. The maximum atomic E-state index is 4.60. The van der Waals surface area contributed by atoms with Crippen LogP contribution in [0, 0.1) is 0 Å². The molecule has 0 unspecified atom stereocenters. The summed E-state index contributed by atoms with van der Waals surface area (Å²) in [5.41, 5.74) is 2.13. The molecular weight excluding hydrogens is 316 g/mol. The molecule has 2 aromatic heterocycles. The van der Waals surface area contributed by atoms with Gasteiger partial charge in [0.2, 0.25) is 0 Å². The molecule has 0 fully saturated rings. The van der Waals surface area contributed by atoms with E-state index < -0.39 is 0 Å². The van der Waals surface area contributed by atoms with Crippen molar-refractivity contribution in [3.63, 3.8) is 0 Å². The van der Waals surface area contributed by atoms with Crippen molar-refractivity contribution in [1.29, 1.82) is 0 Å². The number of aromatic nitrogens is 2. The average Bonchev–Trinajstić information content (AvgIpc) is 2.70. The van der Waals surface area contributed by atoms with Crippen LogP contribution in [0.3, 0.4) is 0 Å². The van der Waals surface area contributed by atoms with Crippen LogP contribution in [0.2, 0.25) is 0 Å². The van der Waals surface area contributed by atoms with Gasteiger partial charge >= 0.3 is 0 Å². The molecule has 5 aromatic carbocycles. The fourth-order valence-corrected chi connectivity index (χ4v) is 4.79. The highest BCUT2D eigenvalue weighted by Crippen LogP contribution is 2.44. The van der Waals surface area contributed by atoms with Crippen molar-refractivity contribution in [2.45, 2.75) is 0 Å². The fraction of sp³-hybridized carbons (Fsp3) is 0. The zero-order chi connectivity index (χ0) is 16.8. The molecule has 0 aliphatic heterocycles. The van der Waals surface area contributed by atoms with Gasteiger partial charge < -0.3 is 0 Å². The molecule has 2 heterocycles. The number of benzene rings is 5. The number of nitrogens with zero attached hydrogens (tertiary/aromatic N) is 2. The molecule has 0 amide bonds. The molecule has 118 valence electrons. The monoisotopic (exact) mass is 328 g/mol. The van der Waals surface area contributed by atoms with E-state index in [9.17, 15) is 0 Å². The van der Waals surface area contributed by atoms with Gasteiger partial charge in [0.1, 0.15) is 0 Å². The second kappa shape index (κ2) is 4.17. The lowest BCUT2D eigenvalue weighted by molar-refractivity contribution is 1.43. The smallest absolute Gasteiger partial charge is 0.0714 e. The van der Waals surface area contributed by atoms with Gasteiger partial charge in [0, 0.05) is 33.9 Å². The van der Waals surface area contributed by atoms with Crippen molar-refractivity contribution in [3.8, 4) is 0 Å². The molecule has 7 rings (SSSR count). The van der Waals surface area contributed by atoms with E-state index in [0.717, 1.165) is 11.0 Å². The minimum absolute atomic E-state index is 1.06. The Morgan fingerprint density at radius 2 is 0.808 bits per heavy atom. The quantitative estimate of drug-likeness (QED) is 0.242. The lowest BCUT2D eigenvalue weighted by atomic mass is 9.87. The molecule has 26 heavy (non-hydrogen) atoms. The van der Waals surface area contributed by atoms with Crippen LogP contribution in [0.1, 0.15) is 0 Å². The van der Waals surface area contributed by atoms with E-state index in [2.05, 4.69) is 70.6 Å². The Labute approximate surface area is 148 Å². The van der Waals surface area contributed by atoms with E-state index in [-0.39, 0.29) is 0 Å². The Morgan fingerprint density at radius 1 is 0.385 bits per heavy atom. The molecule has 0 radical (unpaired) electrons. The molecule has 0 saturated carbocycles. The van der Waals surface area contributed by atoms with Crippen LogP contribution in [0.5, 0.6) is 0 Å². The summed E-state index contributed by atoms with van der Waals surface area (Å²) in [7, 11) is 0. The highest BCUT2D eigenvalue weighted by atomic mass is 14.7. The molecule has 0 atom stereocenters. The van der Waals surface area contributed by atoms with E-state index in [1.807, 2.05) is 12.4 Å². The largest absolute Gasteiger partial charge is 0.256 e. The topological polar surface area (TPSA) is 25.8 Å². The van der Waals surface area contributed by atoms with Crippen molar-refractivity contribution in [3.05, 3.63) is 73.1 Å². The lowest BCUT2D eigenvalue weighted by Gasteiger charge is -2.17. The van der Waals surface area contributed by atoms with Crippen LogP contribution in [-0.4, -0.2) is 9.97 Å². The second-order valence-corrected chi connectivity index (χ2v) is 7.06. The van der Waals surface area contributed by atoms with E-state index in [1.54, 1.807) is 0 Å². The molecule has 2 nitrogen and oxygen atoms in total. The van der Waals surface area contributed by atoms with Gasteiger partial charge in [-0.15, -0.1) is 0 Å². The summed E-state index contributed by atoms with van der Waals surface area (Å²) in [4.78, 5) is 9.21. The summed E-state index contributed by atoms with van der Waals surface area (Å²) in [5, 5.41) is 12.9. The van der Waals surface area contributed by atoms with E-state index in [0.29, 0.717) is 0 Å². The van der Waals surface area contributed by atoms with Gasteiger partial charge in [-0.05, 0) is 56.6 Å². The molecule has 7 aromatic rings. The van der Waals surface area contributed by atoms with Gasteiger partial charge in [-0.25, -0.2) is 0 Å². The van der Waals surface area contributed by atoms with E-state index >= 15 is 0 Å². The van der Waals surface area contributed by atoms with Gasteiger partial charge in [-0.2, -0.15) is 0 Å². The summed E-state index contributed by atoms with van der Waals surface area (Å²) in [6.45, 7) is 0. The van der Waals surface area contributed by atoms with Crippen molar-refractivity contribution in [2.75, 3.05) is 0 Å². The highest BCUT2D eigenvalue weighted by Gasteiger charge is 2.17. The third-order valence-electron chi connectivity index (χ3n) is 5.86. The number of pyridine rings is 2. The predicted octanol–water partition coefficient (Wildman–Crippen LogP) is 6.27. The first-order valence-corrected chi connectivity index (χ1v) is 8.85. The van der Waals surface area contributed by atoms with Gasteiger partial charge in [0.05, 0.1) is 11.0 Å². The van der Waals surface area contributed by atoms with Gasteiger partial charge in [0.15, 0.2) is 0 Å². The number of hydrogen-bond acceptors (Lipinski definition) is 2. The minimum atomic E-state index is 1.06. The van der Waals surface area contributed by atoms with Crippen LogP contribution in [0.4, 0.5) is 0 Å². The predicted molar refractivity (Wildman–Crippen MR) is 109 cm³/mol. The maximum Gasteiger partial charge on any atom is 0.0714 e. The normalized spacial score (nSPS) is 12.6. The number of fused-ring (bicyclic) bond motifs is 2. The van der Waals surface area contributed by atoms with E-state index in [1.165, 1.54) is 53.9 Å². The Balaban J connectivity index is 1.94. The average molecular weight is 328 g/mol. The SMILES string of the molecule is c1cc2ccc3c4ccc5ccnc6ccc(c7ccc(n1)c2c37)c4c56. The molecule has 2 heteroatoms. The standard InChI is InChI=1S/C24H12N2/c1-3-15-16-4-2-14-10-12-26-20-8-6-18(24(16)22(14)20)17-5-7-19-21(23(15)17)13(1)9-11-25-19/h1-12H. The minimum Gasteiger partial charge on any atom is -0.256 e. The third kappa shape index (κ3) is 1.33. The van der Waals surface area contributed by atoms with Crippen LogP contribution in [0.15, 0.2) is 73.1 Å². The van der Waals surface area contributed by atoms with Crippen LogP contribution in [0.25, 0.3) is 64.9 Å². The second-order valence-electron chi connectivity index (χ2n) is 7.06. The Hall–Kier alpha value is -3.52. The molecule has 0 bridgehead atoms. The zero-order valence-electron chi connectivity index (χ0n) is 13.8. The van der Waals surface area contributed by atoms with Crippen LogP contribution < -0.4 is 0 Å². The molecule has 0 spiro atoms. The Kier molecular flexibility index (Phi) is 2.05. The Bertz CT molecular complexity index is 1390. The molecular formula is C24H12N2. The zero-order valence-corrected chi connectivity index (χ0v) is 13.8. The first-order chi connectivity index (χ1) is 12.9. The van der Waals surface area contributed by atoms with Crippen molar-refractivity contribution in [2.24, 2.45) is 0 Å². The van der Waals surface area contributed by atoms with Crippen LogP contribution >= 0.6 is 0 Å². The first kappa shape index (κ1) is 12.8.